The summed E-state index contributed by atoms with van der Waals surface area (Å²) in [7, 11) is 0. The van der Waals surface area contributed by atoms with Gasteiger partial charge >= 0.3 is 5.97 Å². The summed E-state index contributed by atoms with van der Waals surface area (Å²) < 4.78 is 5.44. The van der Waals surface area contributed by atoms with Crippen LogP contribution >= 0.6 is 0 Å². The van der Waals surface area contributed by atoms with Gasteiger partial charge in [0.25, 0.3) is 5.69 Å². The average molecular weight is 464 g/mol. The molecule has 34 heavy (non-hydrogen) atoms. The molecule has 0 radical (unpaired) electrons. The smallest absolute Gasteiger partial charge is 0.339 e. The van der Waals surface area contributed by atoms with Gasteiger partial charge in [-0.1, -0.05) is 32.0 Å². The maximum Gasteiger partial charge on any atom is 0.339 e. The number of anilines is 1. The number of ketones is 1. The fourth-order valence-corrected chi connectivity index (χ4v) is 5.00. The number of rotatable bonds is 6. The topological polar surface area (TPSA) is 106 Å². The fourth-order valence-electron chi connectivity index (χ4n) is 5.00. The summed E-state index contributed by atoms with van der Waals surface area (Å²) in [5.41, 5.74) is 2.41. The molecule has 0 saturated carbocycles. The molecule has 1 aromatic heterocycles. The average Bonchev–Trinajstić information content (AvgIpc) is 3.12. The summed E-state index contributed by atoms with van der Waals surface area (Å²) in [5, 5.41) is 12.6. The van der Waals surface area contributed by atoms with E-state index in [9.17, 15) is 19.7 Å². The SMILES string of the molecule is Cc1[nH]c2ccccc2c1C(=O)[C@H](C)OC(=O)c1ccc(N2C[C@H](C)C[C@@H](C)C2)c([N+](=O)[O-])c1. The molecule has 1 fully saturated rings. The lowest BCUT2D eigenvalue weighted by atomic mass is 9.91. The minimum atomic E-state index is -1.05. The number of benzene rings is 2. The molecule has 0 spiro atoms. The Labute approximate surface area is 198 Å². The Balaban J connectivity index is 1.55. The number of aromatic nitrogens is 1. The number of H-pyrrole nitrogens is 1. The second-order valence-electron chi connectivity index (χ2n) is 9.39. The number of Topliss-reactive ketones (excluding diaryl/α,β-unsaturated/α-hetero) is 1. The highest BCUT2D eigenvalue weighted by Crippen LogP contribution is 2.34. The van der Waals surface area contributed by atoms with Crippen molar-refractivity contribution in [3.8, 4) is 0 Å². The molecular weight excluding hydrogens is 434 g/mol. The number of nitrogens with one attached hydrogen (secondary N) is 1. The third-order valence-corrected chi connectivity index (χ3v) is 6.41. The number of carbonyl (C=O) groups is 2. The van der Waals surface area contributed by atoms with E-state index in [1.54, 1.807) is 13.0 Å². The molecule has 2 heterocycles. The number of hydrogen-bond donors (Lipinski definition) is 1. The van der Waals surface area contributed by atoms with Gasteiger partial charge in [0.05, 0.1) is 10.5 Å². The van der Waals surface area contributed by atoms with E-state index in [-0.39, 0.29) is 17.0 Å². The van der Waals surface area contributed by atoms with Crippen molar-refractivity contribution in [2.45, 2.75) is 40.2 Å². The first-order chi connectivity index (χ1) is 16.2. The zero-order valence-electron chi connectivity index (χ0n) is 19.8. The molecule has 178 valence electrons. The second kappa shape index (κ2) is 9.29. The molecule has 0 aliphatic carbocycles. The summed E-state index contributed by atoms with van der Waals surface area (Å²) in [6, 6.07) is 11.8. The number of aromatic amines is 1. The van der Waals surface area contributed by atoms with Gasteiger partial charge in [0.2, 0.25) is 5.78 Å². The highest BCUT2D eigenvalue weighted by atomic mass is 16.6. The van der Waals surface area contributed by atoms with Crippen LogP contribution in [0, 0.1) is 28.9 Å². The molecule has 1 saturated heterocycles. The van der Waals surface area contributed by atoms with Crippen molar-refractivity contribution in [3.05, 3.63) is 69.4 Å². The number of esters is 1. The Morgan fingerprint density at radius 1 is 1.15 bits per heavy atom. The van der Waals surface area contributed by atoms with E-state index < -0.39 is 17.0 Å². The number of hydrogen-bond acceptors (Lipinski definition) is 6. The number of ether oxygens (including phenoxy) is 1. The monoisotopic (exact) mass is 463 g/mol. The lowest BCUT2D eigenvalue weighted by Crippen LogP contribution is -2.39. The molecule has 1 aliphatic heterocycles. The van der Waals surface area contributed by atoms with Gasteiger partial charge in [0.1, 0.15) is 5.69 Å². The molecule has 0 unspecified atom stereocenters. The number of para-hydroxylation sites is 1. The molecule has 4 rings (SSSR count). The van der Waals surface area contributed by atoms with E-state index in [0.29, 0.717) is 28.8 Å². The van der Waals surface area contributed by atoms with Gasteiger partial charge in [-0.25, -0.2) is 4.79 Å². The minimum absolute atomic E-state index is 0.0452. The molecule has 1 aliphatic rings. The number of piperidine rings is 1. The lowest BCUT2D eigenvalue weighted by molar-refractivity contribution is -0.384. The number of nitro groups is 1. The van der Waals surface area contributed by atoms with Crippen molar-refractivity contribution in [2.24, 2.45) is 11.8 Å². The summed E-state index contributed by atoms with van der Waals surface area (Å²) in [6.45, 7) is 9.03. The van der Waals surface area contributed by atoms with Gasteiger partial charge in [-0.05, 0) is 50.3 Å². The van der Waals surface area contributed by atoms with Crippen LogP contribution < -0.4 is 4.90 Å². The highest BCUT2D eigenvalue weighted by Gasteiger charge is 2.29. The second-order valence-corrected chi connectivity index (χ2v) is 9.39. The highest BCUT2D eigenvalue weighted by molar-refractivity contribution is 6.11. The van der Waals surface area contributed by atoms with Gasteiger partial charge in [-0.3, -0.25) is 14.9 Å². The van der Waals surface area contributed by atoms with Crippen LogP contribution in [0.1, 0.15) is 53.6 Å². The van der Waals surface area contributed by atoms with Crippen molar-refractivity contribution in [3.63, 3.8) is 0 Å². The van der Waals surface area contributed by atoms with Gasteiger partial charge in [-0.15, -0.1) is 0 Å². The van der Waals surface area contributed by atoms with Crippen LogP contribution in [0.4, 0.5) is 11.4 Å². The van der Waals surface area contributed by atoms with E-state index >= 15 is 0 Å². The molecule has 3 aromatic rings. The maximum atomic E-state index is 13.1. The quantitative estimate of drug-likeness (QED) is 0.230. The van der Waals surface area contributed by atoms with E-state index in [1.807, 2.05) is 29.2 Å². The summed E-state index contributed by atoms with van der Waals surface area (Å²) in [6.07, 6.45) is 0.0317. The molecule has 1 N–H and O–H groups in total. The molecule has 8 heteroatoms. The minimum Gasteiger partial charge on any atom is -0.451 e. The number of aryl methyl sites for hydroxylation is 1. The van der Waals surface area contributed by atoms with Gasteiger partial charge in [0, 0.05) is 41.3 Å². The van der Waals surface area contributed by atoms with E-state index in [2.05, 4.69) is 18.8 Å². The van der Waals surface area contributed by atoms with Gasteiger partial charge in [0.15, 0.2) is 6.10 Å². The Bertz CT molecular complexity index is 1250. The number of nitrogens with zero attached hydrogens (tertiary/aromatic N) is 2. The third-order valence-electron chi connectivity index (χ3n) is 6.41. The van der Waals surface area contributed by atoms with Crippen LogP contribution in [0.5, 0.6) is 0 Å². The Morgan fingerprint density at radius 3 is 2.50 bits per heavy atom. The normalized spacial score (nSPS) is 19.1. The fraction of sp³-hybridized carbons (Fsp3) is 0.385. The molecule has 3 atom stereocenters. The van der Waals surface area contributed by atoms with Crippen LogP contribution in [0.15, 0.2) is 42.5 Å². The Hall–Kier alpha value is -3.68. The van der Waals surface area contributed by atoms with Crippen LogP contribution in [0.25, 0.3) is 10.9 Å². The molecule has 2 aromatic carbocycles. The van der Waals surface area contributed by atoms with Crippen molar-refractivity contribution in [2.75, 3.05) is 18.0 Å². The summed E-state index contributed by atoms with van der Waals surface area (Å²) in [5.74, 6) is -0.250. The zero-order chi connectivity index (χ0) is 24.6. The van der Waals surface area contributed by atoms with Gasteiger partial charge in [-0.2, -0.15) is 0 Å². The van der Waals surface area contributed by atoms with Crippen molar-refractivity contribution >= 4 is 34.0 Å². The molecular formula is C26H29N3O5. The largest absolute Gasteiger partial charge is 0.451 e. The summed E-state index contributed by atoms with van der Waals surface area (Å²) in [4.78, 5) is 42.4. The summed E-state index contributed by atoms with van der Waals surface area (Å²) >= 11 is 0. The van der Waals surface area contributed by atoms with E-state index in [1.165, 1.54) is 19.1 Å². The number of carbonyl (C=O) groups excluding carboxylic acids is 2. The molecule has 0 bridgehead atoms. The van der Waals surface area contributed by atoms with Crippen LogP contribution in [0.3, 0.4) is 0 Å². The van der Waals surface area contributed by atoms with E-state index in [4.69, 9.17) is 4.74 Å². The first-order valence-electron chi connectivity index (χ1n) is 11.5. The molecule has 8 nitrogen and oxygen atoms in total. The van der Waals surface area contributed by atoms with Crippen molar-refractivity contribution in [1.29, 1.82) is 0 Å². The predicted molar refractivity (Wildman–Crippen MR) is 130 cm³/mol. The van der Waals surface area contributed by atoms with Crippen molar-refractivity contribution in [1.82, 2.24) is 4.98 Å². The first-order valence-corrected chi connectivity index (χ1v) is 11.5. The zero-order valence-corrected chi connectivity index (χ0v) is 19.8. The van der Waals surface area contributed by atoms with Crippen LogP contribution in [-0.2, 0) is 4.74 Å². The van der Waals surface area contributed by atoms with Gasteiger partial charge < -0.3 is 14.6 Å². The Morgan fingerprint density at radius 2 is 1.82 bits per heavy atom. The number of nitro benzene ring substituents is 1. The first kappa shape index (κ1) is 23.5. The third kappa shape index (κ3) is 4.53. The standard InChI is InChI=1S/C26H29N3O5/c1-15-11-16(2)14-28(13-15)22-10-9-19(12-23(22)29(32)33)26(31)34-18(4)25(30)24-17(3)27-21-8-6-5-7-20(21)24/h5-10,12,15-16,18,27H,11,13-14H2,1-4H3/t15-,16-,18+/m1/s1. The van der Waals surface area contributed by atoms with E-state index in [0.717, 1.165) is 30.4 Å². The van der Waals surface area contributed by atoms with Crippen molar-refractivity contribution < 1.29 is 19.2 Å². The van der Waals surface area contributed by atoms with Crippen LogP contribution in [0.2, 0.25) is 0 Å². The predicted octanol–water partition coefficient (Wildman–Crippen LogP) is 5.30. The maximum absolute atomic E-state index is 13.1. The van der Waals surface area contributed by atoms with Crippen LogP contribution in [-0.4, -0.2) is 40.9 Å². The Kier molecular flexibility index (Phi) is 6.41. The lowest BCUT2D eigenvalue weighted by Gasteiger charge is -2.36. The molecule has 0 amide bonds. The number of fused-ring (bicyclic) bond motifs is 1.